The van der Waals surface area contributed by atoms with Crippen LogP contribution in [0.2, 0.25) is 0 Å². The lowest BCUT2D eigenvalue weighted by molar-refractivity contribution is -0.121. The number of aryl methyl sites for hydroxylation is 3. The van der Waals surface area contributed by atoms with E-state index in [2.05, 4.69) is 20.4 Å². The normalized spacial score (nSPS) is 16.5. The Morgan fingerprint density at radius 1 is 1.42 bits per heavy atom. The number of hydrogen-bond donors (Lipinski definition) is 1. The highest BCUT2D eigenvalue weighted by atomic mass is 16.1. The number of nitrogens with one attached hydrogen (secondary N) is 1. The molecule has 24 heavy (non-hydrogen) atoms. The van der Waals surface area contributed by atoms with Crippen LogP contribution in [0, 0.1) is 0 Å². The lowest BCUT2D eigenvalue weighted by Gasteiger charge is -2.26. The smallest absolute Gasteiger partial charge is 0.225 e. The second-order valence-electron chi connectivity index (χ2n) is 6.50. The molecule has 3 rings (SSSR count). The summed E-state index contributed by atoms with van der Waals surface area (Å²) in [6.07, 6.45) is 9.70. The summed E-state index contributed by atoms with van der Waals surface area (Å²) < 4.78 is 1.75. The van der Waals surface area contributed by atoms with Gasteiger partial charge < -0.3 is 10.2 Å². The fourth-order valence-electron chi connectivity index (χ4n) is 3.03. The molecule has 0 aromatic carbocycles. The van der Waals surface area contributed by atoms with E-state index in [9.17, 15) is 4.79 Å². The van der Waals surface area contributed by atoms with E-state index in [0.29, 0.717) is 12.8 Å². The van der Waals surface area contributed by atoms with Gasteiger partial charge in [-0.3, -0.25) is 9.48 Å². The summed E-state index contributed by atoms with van der Waals surface area (Å²) in [6, 6.07) is 0.0198. The molecular formula is C17H24N6O. The summed E-state index contributed by atoms with van der Waals surface area (Å²) >= 11 is 0. The molecule has 1 N–H and O–H groups in total. The van der Waals surface area contributed by atoms with Crippen LogP contribution in [-0.4, -0.2) is 39.8 Å². The Morgan fingerprint density at radius 2 is 2.25 bits per heavy atom. The number of anilines is 1. The molecule has 128 valence electrons. The van der Waals surface area contributed by atoms with Crippen LogP contribution in [0.5, 0.6) is 0 Å². The minimum Gasteiger partial charge on any atom is -0.349 e. The zero-order valence-corrected chi connectivity index (χ0v) is 14.5. The van der Waals surface area contributed by atoms with E-state index >= 15 is 0 Å². The van der Waals surface area contributed by atoms with Gasteiger partial charge in [0.1, 0.15) is 0 Å². The number of carbonyl (C=O) groups is 1. The largest absolute Gasteiger partial charge is 0.349 e. The third kappa shape index (κ3) is 3.72. The second-order valence-corrected chi connectivity index (χ2v) is 6.50. The molecule has 0 aliphatic heterocycles. The molecule has 2 aromatic heterocycles. The van der Waals surface area contributed by atoms with Gasteiger partial charge in [-0.2, -0.15) is 5.10 Å². The van der Waals surface area contributed by atoms with Gasteiger partial charge >= 0.3 is 0 Å². The molecule has 1 amide bonds. The van der Waals surface area contributed by atoms with Crippen molar-refractivity contribution in [1.82, 2.24) is 25.1 Å². The highest BCUT2D eigenvalue weighted by Crippen LogP contribution is 2.29. The summed E-state index contributed by atoms with van der Waals surface area (Å²) in [6.45, 7) is 0. The molecule has 1 aliphatic carbocycles. The third-order valence-corrected chi connectivity index (χ3v) is 4.30. The Kier molecular flexibility index (Phi) is 4.78. The lowest BCUT2D eigenvalue weighted by Crippen LogP contribution is -2.32. The van der Waals surface area contributed by atoms with Crippen molar-refractivity contribution in [2.75, 3.05) is 19.0 Å². The van der Waals surface area contributed by atoms with Gasteiger partial charge in [-0.1, -0.05) is 0 Å². The van der Waals surface area contributed by atoms with Crippen molar-refractivity contribution in [2.45, 2.75) is 38.1 Å². The Balaban J connectivity index is 1.63. The maximum Gasteiger partial charge on any atom is 0.225 e. The molecule has 0 saturated heterocycles. The van der Waals surface area contributed by atoms with Crippen LogP contribution < -0.4 is 10.2 Å². The summed E-state index contributed by atoms with van der Waals surface area (Å²) in [4.78, 5) is 23.2. The maximum absolute atomic E-state index is 12.3. The first kappa shape index (κ1) is 16.4. The first-order valence-electron chi connectivity index (χ1n) is 8.33. The molecular weight excluding hydrogens is 304 g/mol. The van der Waals surface area contributed by atoms with Crippen LogP contribution in [0.4, 0.5) is 5.95 Å². The van der Waals surface area contributed by atoms with Crippen molar-refractivity contribution >= 4 is 11.9 Å². The Labute approximate surface area is 142 Å². The highest BCUT2D eigenvalue weighted by Gasteiger charge is 2.24. The Bertz CT molecular complexity index is 724. The van der Waals surface area contributed by atoms with Gasteiger partial charge in [0.25, 0.3) is 0 Å². The Morgan fingerprint density at radius 3 is 2.96 bits per heavy atom. The van der Waals surface area contributed by atoms with Gasteiger partial charge in [0, 0.05) is 45.5 Å². The molecule has 0 radical (unpaired) electrons. The Hall–Kier alpha value is -2.44. The molecule has 7 nitrogen and oxygen atoms in total. The zero-order chi connectivity index (χ0) is 17.1. The van der Waals surface area contributed by atoms with Gasteiger partial charge in [-0.15, -0.1) is 0 Å². The lowest BCUT2D eigenvalue weighted by atomic mass is 9.92. The van der Waals surface area contributed by atoms with E-state index in [1.165, 1.54) is 0 Å². The first-order valence-corrected chi connectivity index (χ1v) is 8.33. The molecule has 0 spiro atoms. The standard InChI is InChI=1S/C17H24N6O/c1-22(2)17-18-10-13-14(5-4-6-15(13)21-17)20-16(24)8-7-12-9-19-23(3)11-12/h9-11,14H,4-8H2,1-3H3,(H,20,24)/t14-/m0/s1. The van der Waals surface area contributed by atoms with Crippen LogP contribution in [0.25, 0.3) is 0 Å². The van der Waals surface area contributed by atoms with E-state index in [4.69, 9.17) is 0 Å². The molecule has 0 saturated carbocycles. The second kappa shape index (κ2) is 6.98. The summed E-state index contributed by atoms with van der Waals surface area (Å²) in [5.41, 5.74) is 3.19. The van der Waals surface area contributed by atoms with Crippen LogP contribution in [0.15, 0.2) is 18.6 Å². The van der Waals surface area contributed by atoms with Crippen molar-refractivity contribution in [3.8, 4) is 0 Å². The number of rotatable bonds is 5. The quantitative estimate of drug-likeness (QED) is 0.898. The topological polar surface area (TPSA) is 75.9 Å². The van der Waals surface area contributed by atoms with E-state index in [-0.39, 0.29) is 11.9 Å². The molecule has 7 heteroatoms. The number of fused-ring (bicyclic) bond motifs is 1. The van der Waals surface area contributed by atoms with Crippen molar-refractivity contribution in [3.63, 3.8) is 0 Å². The summed E-state index contributed by atoms with van der Waals surface area (Å²) in [5, 5.41) is 7.27. The number of hydrogen-bond acceptors (Lipinski definition) is 5. The predicted molar refractivity (Wildman–Crippen MR) is 91.7 cm³/mol. The van der Waals surface area contributed by atoms with Crippen molar-refractivity contribution in [2.24, 2.45) is 7.05 Å². The van der Waals surface area contributed by atoms with Crippen LogP contribution in [0.1, 0.15) is 42.1 Å². The number of nitrogens with zero attached hydrogens (tertiary/aromatic N) is 5. The van der Waals surface area contributed by atoms with Gasteiger partial charge in [0.15, 0.2) is 0 Å². The van der Waals surface area contributed by atoms with Gasteiger partial charge in [0.05, 0.1) is 17.9 Å². The van der Waals surface area contributed by atoms with Crippen molar-refractivity contribution < 1.29 is 4.79 Å². The third-order valence-electron chi connectivity index (χ3n) is 4.30. The van der Waals surface area contributed by atoms with Crippen molar-refractivity contribution in [3.05, 3.63) is 35.4 Å². The predicted octanol–water partition coefficient (Wildman–Crippen LogP) is 1.40. The molecule has 0 fully saturated rings. The fraction of sp³-hybridized carbons (Fsp3) is 0.529. The fourth-order valence-corrected chi connectivity index (χ4v) is 3.03. The first-order chi connectivity index (χ1) is 11.5. The number of aromatic nitrogens is 4. The summed E-state index contributed by atoms with van der Waals surface area (Å²) in [5.74, 6) is 0.783. The molecule has 2 aromatic rings. The van der Waals surface area contributed by atoms with E-state index < -0.39 is 0 Å². The molecule has 0 unspecified atom stereocenters. The minimum atomic E-state index is 0.0198. The minimum absolute atomic E-state index is 0.0198. The molecule has 2 heterocycles. The van der Waals surface area contributed by atoms with Crippen LogP contribution >= 0.6 is 0 Å². The molecule has 1 atom stereocenters. The van der Waals surface area contributed by atoms with Crippen molar-refractivity contribution in [1.29, 1.82) is 0 Å². The highest BCUT2D eigenvalue weighted by molar-refractivity contribution is 5.76. The average molecular weight is 328 g/mol. The van der Waals surface area contributed by atoms with Gasteiger partial charge in [0.2, 0.25) is 11.9 Å². The van der Waals surface area contributed by atoms with E-state index in [0.717, 1.165) is 42.0 Å². The maximum atomic E-state index is 12.3. The molecule has 0 bridgehead atoms. The number of carbonyl (C=O) groups excluding carboxylic acids is 1. The van der Waals surface area contributed by atoms with Crippen LogP contribution in [0.3, 0.4) is 0 Å². The van der Waals surface area contributed by atoms with Gasteiger partial charge in [-0.25, -0.2) is 9.97 Å². The monoisotopic (exact) mass is 328 g/mol. The van der Waals surface area contributed by atoms with Gasteiger partial charge in [-0.05, 0) is 31.2 Å². The SMILES string of the molecule is CN(C)c1ncc2c(n1)CCC[C@@H]2NC(=O)CCc1cnn(C)c1. The number of amides is 1. The average Bonchev–Trinajstić information content (AvgIpc) is 2.98. The summed E-state index contributed by atoms with van der Waals surface area (Å²) in [7, 11) is 5.75. The van der Waals surface area contributed by atoms with E-state index in [1.54, 1.807) is 10.9 Å². The van der Waals surface area contributed by atoms with E-state index in [1.807, 2.05) is 38.4 Å². The zero-order valence-electron chi connectivity index (χ0n) is 14.5. The van der Waals surface area contributed by atoms with Crippen LogP contribution in [-0.2, 0) is 24.7 Å². The molecule has 1 aliphatic rings.